The van der Waals surface area contributed by atoms with Gasteiger partial charge in [0, 0.05) is 49.4 Å². The first-order chi connectivity index (χ1) is 26.2. The quantitative estimate of drug-likeness (QED) is 0.179. The standard InChI is InChI=1S/C45H76O11/c1-13-33(30(9)46)35-17-16-25(4)40(53-35)29(8)38(48)28(7)39(49)34(14-2)41-26(5)24-27(6)44(54-41)21-19-37(52-32(11)47)45(56-44)23-22-42(12,55-45)36-18-20-43(50,15-3)31(10)51-36/h25-29,31,33-38,40-41,48,50H,13-24H2,1-12H3/t25-,26-,27+,28-,29-,31-,33-,34-,35+,36+,37+,38+,40+,41-,42-,43+,44-,45-/m0/s1. The van der Waals surface area contributed by atoms with Gasteiger partial charge in [0.1, 0.15) is 11.6 Å². The number of aliphatic hydroxyl groups is 2. The van der Waals surface area contributed by atoms with Crippen molar-refractivity contribution in [1.82, 2.24) is 0 Å². The lowest BCUT2D eigenvalue weighted by Crippen LogP contribution is -2.65. The first kappa shape index (κ1) is 45.6. The molecule has 0 aliphatic carbocycles. The van der Waals surface area contributed by atoms with E-state index < -0.39 is 58.9 Å². The third kappa shape index (κ3) is 8.71. The number of hydrogen-bond acceptors (Lipinski definition) is 11. The topological polar surface area (TPSA) is 147 Å². The molecule has 0 saturated carbocycles. The molecule has 0 unspecified atom stereocenters. The van der Waals surface area contributed by atoms with Gasteiger partial charge in [-0.3, -0.25) is 14.4 Å². The van der Waals surface area contributed by atoms with Gasteiger partial charge in [0.15, 0.2) is 11.9 Å². The molecule has 0 amide bonds. The van der Waals surface area contributed by atoms with E-state index in [1.807, 2.05) is 48.5 Å². The van der Waals surface area contributed by atoms with Crippen LogP contribution in [0.4, 0.5) is 0 Å². The number of ketones is 2. The zero-order valence-electron chi connectivity index (χ0n) is 36.6. The third-order valence-corrected chi connectivity index (χ3v) is 15.3. The van der Waals surface area contributed by atoms with Crippen LogP contribution in [0, 0.1) is 41.4 Å². The first-order valence-electron chi connectivity index (χ1n) is 22.2. The van der Waals surface area contributed by atoms with E-state index in [1.54, 1.807) is 6.92 Å². The molecule has 11 nitrogen and oxygen atoms in total. The maximum absolute atomic E-state index is 14.6. The van der Waals surface area contributed by atoms with Gasteiger partial charge in [0.05, 0.1) is 47.8 Å². The molecule has 2 spiro atoms. The minimum atomic E-state index is -1.28. The van der Waals surface area contributed by atoms with Gasteiger partial charge in [-0.1, -0.05) is 55.4 Å². The van der Waals surface area contributed by atoms with Crippen molar-refractivity contribution < 1.29 is 53.0 Å². The molecule has 0 bridgehead atoms. The molecule has 5 fully saturated rings. The molecule has 5 heterocycles. The Morgan fingerprint density at radius 3 is 2.07 bits per heavy atom. The monoisotopic (exact) mass is 793 g/mol. The zero-order chi connectivity index (χ0) is 41.5. The van der Waals surface area contributed by atoms with Crippen LogP contribution >= 0.6 is 0 Å². The highest BCUT2D eigenvalue weighted by molar-refractivity contribution is 5.84. The number of aliphatic hydroxyl groups excluding tert-OH is 1. The number of Topliss-reactive ketones (excluding diaryl/α,β-unsaturated/α-hetero) is 2. The van der Waals surface area contributed by atoms with Crippen molar-refractivity contribution >= 4 is 17.5 Å². The number of carbonyl (C=O) groups excluding carboxylic acids is 3. The van der Waals surface area contributed by atoms with E-state index in [0.717, 1.165) is 19.3 Å². The summed E-state index contributed by atoms with van der Waals surface area (Å²) < 4.78 is 40.4. The molecule has 5 aliphatic rings. The van der Waals surface area contributed by atoms with E-state index in [9.17, 15) is 24.6 Å². The Labute approximate surface area is 337 Å². The van der Waals surface area contributed by atoms with E-state index in [0.29, 0.717) is 57.8 Å². The highest BCUT2D eigenvalue weighted by atomic mass is 16.8. The molecule has 0 aromatic heterocycles. The number of ether oxygens (including phenoxy) is 6. The molecule has 5 rings (SSSR count). The summed E-state index contributed by atoms with van der Waals surface area (Å²) in [7, 11) is 0. The van der Waals surface area contributed by atoms with Crippen LogP contribution in [0.1, 0.15) is 160 Å². The second-order valence-electron chi connectivity index (χ2n) is 19.1. The summed E-state index contributed by atoms with van der Waals surface area (Å²) in [4.78, 5) is 39.5. The highest BCUT2D eigenvalue weighted by Crippen LogP contribution is 2.56. The summed E-state index contributed by atoms with van der Waals surface area (Å²) in [6, 6.07) is 0. The van der Waals surface area contributed by atoms with E-state index in [2.05, 4.69) is 20.8 Å². The molecule has 18 atom stereocenters. The smallest absolute Gasteiger partial charge is 0.303 e. The normalized spacial score (nSPS) is 44.5. The predicted octanol–water partition coefficient (Wildman–Crippen LogP) is 7.49. The zero-order valence-corrected chi connectivity index (χ0v) is 36.6. The largest absolute Gasteiger partial charge is 0.457 e. The molecule has 56 heavy (non-hydrogen) atoms. The molecule has 5 saturated heterocycles. The van der Waals surface area contributed by atoms with Crippen LogP contribution in [0.25, 0.3) is 0 Å². The molecule has 0 radical (unpaired) electrons. The Morgan fingerprint density at radius 1 is 0.804 bits per heavy atom. The van der Waals surface area contributed by atoms with Crippen molar-refractivity contribution in [3.05, 3.63) is 0 Å². The van der Waals surface area contributed by atoms with Crippen LogP contribution in [-0.2, 0) is 42.8 Å². The molecule has 2 N–H and O–H groups in total. The Kier molecular flexibility index (Phi) is 14.4. The van der Waals surface area contributed by atoms with Gasteiger partial charge >= 0.3 is 5.97 Å². The second-order valence-corrected chi connectivity index (χ2v) is 19.1. The first-order valence-corrected chi connectivity index (χ1v) is 22.2. The van der Waals surface area contributed by atoms with Gasteiger partial charge in [-0.15, -0.1) is 0 Å². The SMILES string of the molecule is CC[C@@H](C(=O)[C@@H](C)[C@@H](O)[C@H](C)[C@@H]1O[C@@H]([C@@H](CC)C(C)=O)CC[C@@H]1C)[C@H]1O[C@]2(CC[C@@H](OC(C)=O)[C@]3(CC[C@@](C)([C@H]4CC[C@](O)(CC)[C@H](C)O4)O3)O2)[C@H](C)C[C@@H]1C. The average Bonchev–Trinajstić information content (AvgIpc) is 3.49. The summed E-state index contributed by atoms with van der Waals surface area (Å²) in [5.41, 5.74) is -1.64. The molecule has 0 aromatic rings. The fraction of sp³-hybridized carbons (Fsp3) is 0.933. The van der Waals surface area contributed by atoms with Crippen molar-refractivity contribution in [2.24, 2.45) is 41.4 Å². The fourth-order valence-corrected chi connectivity index (χ4v) is 11.4. The van der Waals surface area contributed by atoms with Gasteiger partial charge in [0.2, 0.25) is 5.79 Å². The number of rotatable bonds is 13. The van der Waals surface area contributed by atoms with Crippen molar-refractivity contribution in [2.45, 2.75) is 226 Å². The van der Waals surface area contributed by atoms with Gasteiger partial charge in [-0.25, -0.2) is 0 Å². The van der Waals surface area contributed by atoms with Crippen molar-refractivity contribution in [3.63, 3.8) is 0 Å². The summed E-state index contributed by atoms with van der Waals surface area (Å²) in [6.07, 6.45) is 4.43. The number of hydrogen-bond donors (Lipinski definition) is 2. The summed E-state index contributed by atoms with van der Waals surface area (Å²) in [5, 5.41) is 23.0. The molecular formula is C45H76O11. The van der Waals surface area contributed by atoms with Crippen LogP contribution in [-0.4, -0.2) is 93.3 Å². The minimum Gasteiger partial charge on any atom is -0.457 e. The van der Waals surface area contributed by atoms with Crippen LogP contribution in [0.2, 0.25) is 0 Å². The van der Waals surface area contributed by atoms with Crippen molar-refractivity contribution in [2.75, 3.05) is 0 Å². The predicted molar refractivity (Wildman–Crippen MR) is 211 cm³/mol. The molecule has 0 aromatic carbocycles. The maximum atomic E-state index is 14.6. The van der Waals surface area contributed by atoms with E-state index >= 15 is 0 Å². The van der Waals surface area contributed by atoms with E-state index in [1.165, 1.54) is 6.92 Å². The summed E-state index contributed by atoms with van der Waals surface area (Å²) in [6.45, 7) is 23.2. The van der Waals surface area contributed by atoms with Gasteiger partial charge in [-0.05, 0) is 96.8 Å². The second kappa shape index (κ2) is 17.6. The lowest BCUT2D eigenvalue weighted by Gasteiger charge is -2.57. The van der Waals surface area contributed by atoms with Crippen LogP contribution in [0.15, 0.2) is 0 Å². The number of carbonyl (C=O) groups is 3. The van der Waals surface area contributed by atoms with Crippen LogP contribution in [0.3, 0.4) is 0 Å². The van der Waals surface area contributed by atoms with Crippen LogP contribution < -0.4 is 0 Å². The summed E-state index contributed by atoms with van der Waals surface area (Å²) >= 11 is 0. The minimum absolute atomic E-state index is 0.0350. The lowest BCUT2D eigenvalue weighted by atomic mass is 9.72. The highest BCUT2D eigenvalue weighted by Gasteiger charge is 2.65. The van der Waals surface area contributed by atoms with E-state index in [-0.39, 0.29) is 65.6 Å². The Morgan fingerprint density at radius 2 is 1.48 bits per heavy atom. The maximum Gasteiger partial charge on any atom is 0.303 e. The van der Waals surface area contributed by atoms with Gasteiger partial charge in [0.25, 0.3) is 0 Å². The van der Waals surface area contributed by atoms with E-state index in [4.69, 9.17) is 28.4 Å². The molecular weight excluding hydrogens is 716 g/mol. The Balaban J connectivity index is 1.35. The fourth-order valence-electron chi connectivity index (χ4n) is 11.4. The van der Waals surface area contributed by atoms with Crippen molar-refractivity contribution in [3.8, 4) is 0 Å². The van der Waals surface area contributed by atoms with Gasteiger partial charge in [-0.2, -0.15) is 0 Å². The number of esters is 1. The summed E-state index contributed by atoms with van der Waals surface area (Å²) in [5.74, 6) is -4.12. The third-order valence-electron chi connectivity index (χ3n) is 15.3. The lowest BCUT2D eigenvalue weighted by molar-refractivity contribution is -0.442. The Bertz CT molecular complexity index is 1390. The molecule has 322 valence electrons. The van der Waals surface area contributed by atoms with Gasteiger partial charge < -0.3 is 38.6 Å². The molecule has 5 aliphatic heterocycles. The van der Waals surface area contributed by atoms with Crippen LogP contribution in [0.5, 0.6) is 0 Å². The van der Waals surface area contributed by atoms with Crippen molar-refractivity contribution in [1.29, 1.82) is 0 Å². The molecule has 11 heteroatoms. The Hall–Kier alpha value is -1.47. The average molecular weight is 793 g/mol.